The van der Waals surface area contributed by atoms with E-state index >= 15 is 0 Å². The van der Waals surface area contributed by atoms with Crippen LogP contribution in [0, 0.1) is 0 Å². The summed E-state index contributed by atoms with van der Waals surface area (Å²) in [5, 5.41) is 9.61. The molecule has 3 heteroatoms. The third kappa shape index (κ3) is 3.71. The maximum atomic E-state index is 9.61. The van der Waals surface area contributed by atoms with E-state index in [1.54, 1.807) is 30.5 Å². The van der Waals surface area contributed by atoms with E-state index in [9.17, 15) is 5.11 Å². The van der Waals surface area contributed by atoms with E-state index in [1.807, 2.05) is 30.3 Å². The molecule has 2 aromatic carbocycles. The fraction of sp³-hybridized carbons (Fsp3) is 0.0625. The number of phenols is 1. The summed E-state index contributed by atoms with van der Waals surface area (Å²) >= 11 is 0. The van der Waals surface area contributed by atoms with Gasteiger partial charge in [-0.05, 0) is 36.4 Å². The molecule has 96 valence electrons. The van der Waals surface area contributed by atoms with Gasteiger partial charge in [0.1, 0.15) is 18.1 Å². The Balaban J connectivity index is 2.07. The molecule has 0 aromatic heterocycles. The molecule has 0 unspecified atom stereocenters. The van der Waals surface area contributed by atoms with Crippen molar-refractivity contribution in [3.05, 3.63) is 66.7 Å². The third-order valence-electron chi connectivity index (χ3n) is 2.49. The SMILES string of the molecule is C=CCOc1ccc(N=Cc2ccccc2O)cc1. The highest BCUT2D eigenvalue weighted by molar-refractivity contribution is 5.85. The normalized spacial score (nSPS) is 10.5. The van der Waals surface area contributed by atoms with Crippen LogP contribution in [-0.4, -0.2) is 17.9 Å². The Labute approximate surface area is 112 Å². The highest BCUT2D eigenvalue weighted by Gasteiger charge is 1.96. The monoisotopic (exact) mass is 253 g/mol. The van der Waals surface area contributed by atoms with Crippen LogP contribution >= 0.6 is 0 Å². The smallest absolute Gasteiger partial charge is 0.124 e. The number of rotatable bonds is 5. The topological polar surface area (TPSA) is 41.8 Å². The van der Waals surface area contributed by atoms with Gasteiger partial charge >= 0.3 is 0 Å². The number of aliphatic imine (C=N–C) groups is 1. The van der Waals surface area contributed by atoms with Gasteiger partial charge in [0.15, 0.2) is 0 Å². The lowest BCUT2D eigenvalue weighted by Crippen LogP contribution is -1.91. The van der Waals surface area contributed by atoms with Gasteiger partial charge in [0, 0.05) is 11.8 Å². The number of phenolic OH excluding ortho intramolecular Hbond substituents is 1. The third-order valence-corrected chi connectivity index (χ3v) is 2.49. The Morgan fingerprint density at radius 1 is 1.11 bits per heavy atom. The van der Waals surface area contributed by atoms with Gasteiger partial charge in [0.2, 0.25) is 0 Å². The van der Waals surface area contributed by atoms with E-state index in [0.717, 1.165) is 11.4 Å². The molecule has 0 radical (unpaired) electrons. The van der Waals surface area contributed by atoms with Crippen molar-refractivity contribution in [3.63, 3.8) is 0 Å². The molecule has 0 atom stereocenters. The summed E-state index contributed by atoms with van der Waals surface area (Å²) in [5.74, 6) is 0.999. The van der Waals surface area contributed by atoms with Crippen LogP contribution in [0.15, 0.2) is 66.2 Å². The van der Waals surface area contributed by atoms with Crippen LogP contribution < -0.4 is 4.74 Å². The van der Waals surface area contributed by atoms with E-state index in [-0.39, 0.29) is 5.75 Å². The lowest BCUT2D eigenvalue weighted by Gasteiger charge is -2.02. The molecule has 0 amide bonds. The molecule has 0 aliphatic carbocycles. The lowest BCUT2D eigenvalue weighted by atomic mass is 10.2. The summed E-state index contributed by atoms with van der Waals surface area (Å²) in [6.07, 6.45) is 3.33. The summed E-state index contributed by atoms with van der Waals surface area (Å²) < 4.78 is 5.38. The second-order valence-corrected chi connectivity index (χ2v) is 3.91. The minimum atomic E-state index is 0.220. The minimum absolute atomic E-state index is 0.220. The molecule has 0 spiro atoms. The van der Waals surface area contributed by atoms with Crippen molar-refractivity contribution in [2.75, 3.05) is 6.61 Å². The molecule has 2 rings (SSSR count). The largest absolute Gasteiger partial charge is 0.507 e. The van der Waals surface area contributed by atoms with Gasteiger partial charge in [-0.25, -0.2) is 0 Å². The van der Waals surface area contributed by atoms with Gasteiger partial charge in [-0.15, -0.1) is 0 Å². The van der Waals surface area contributed by atoms with Crippen LogP contribution in [0.25, 0.3) is 0 Å². The lowest BCUT2D eigenvalue weighted by molar-refractivity contribution is 0.363. The molecule has 0 aliphatic rings. The van der Waals surface area contributed by atoms with Crippen molar-refractivity contribution in [1.82, 2.24) is 0 Å². The molecule has 0 saturated carbocycles. The molecular formula is C16H15NO2. The number of benzene rings is 2. The zero-order valence-electron chi connectivity index (χ0n) is 10.5. The van der Waals surface area contributed by atoms with Gasteiger partial charge in [0.05, 0.1) is 5.69 Å². The predicted molar refractivity (Wildman–Crippen MR) is 77.5 cm³/mol. The molecule has 0 saturated heterocycles. The quantitative estimate of drug-likeness (QED) is 0.652. The summed E-state index contributed by atoms with van der Waals surface area (Å²) in [6.45, 7) is 4.08. The number of para-hydroxylation sites is 1. The van der Waals surface area contributed by atoms with Crippen LogP contribution in [0.3, 0.4) is 0 Å². The molecule has 19 heavy (non-hydrogen) atoms. The first-order valence-corrected chi connectivity index (χ1v) is 5.95. The second kappa shape index (κ2) is 6.40. The summed E-state index contributed by atoms with van der Waals surface area (Å²) in [6, 6.07) is 14.5. The highest BCUT2D eigenvalue weighted by atomic mass is 16.5. The molecule has 0 fully saturated rings. The summed E-state index contributed by atoms with van der Waals surface area (Å²) in [4.78, 5) is 4.30. The Hall–Kier alpha value is -2.55. The van der Waals surface area contributed by atoms with E-state index in [1.165, 1.54) is 0 Å². The van der Waals surface area contributed by atoms with E-state index in [2.05, 4.69) is 11.6 Å². The molecular weight excluding hydrogens is 238 g/mol. The number of nitrogens with zero attached hydrogens (tertiary/aromatic N) is 1. The van der Waals surface area contributed by atoms with Crippen LogP contribution in [0.4, 0.5) is 5.69 Å². The Bertz CT molecular complexity index is 574. The first kappa shape index (κ1) is 12.9. The van der Waals surface area contributed by atoms with Crippen LogP contribution in [0.1, 0.15) is 5.56 Å². The Kier molecular flexibility index (Phi) is 4.34. The summed E-state index contributed by atoms with van der Waals surface area (Å²) in [5.41, 5.74) is 1.49. The van der Waals surface area contributed by atoms with Crippen LogP contribution in [0.2, 0.25) is 0 Å². The fourth-order valence-electron chi connectivity index (χ4n) is 1.52. The van der Waals surface area contributed by atoms with Crippen molar-refractivity contribution in [2.45, 2.75) is 0 Å². The second-order valence-electron chi connectivity index (χ2n) is 3.91. The first-order chi connectivity index (χ1) is 9.29. The first-order valence-electron chi connectivity index (χ1n) is 5.95. The van der Waals surface area contributed by atoms with Gasteiger partial charge in [-0.3, -0.25) is 4.99 Å². The molecule has 1 N–H and O–H groups in total. The summed E-state index contributed by atoms with van der Waals surface area (Å²) in [7, 11) is 0. The Morgan fingerprint density at radius 2 is 1.84 bits per heavy atom. The van der Waals surface area contributed by atoms with Crippen molar-refractivity contribution in [3.8, 4) is 11.5 Å². The van der Waals surface area contributed by atoms with Crippen LogP contribution in [0.5, 0.6) is 11.5 Å². The number of hydrogen-bond acceptors (Lipinski definition) is 3. The van der Waals surface area contributed by atoms with Crippen molar-refractivity contribution in [1.29, 1.82) is 0 Å². The molecule has 2 aromatic rings. The van der Waals surface area contributed by atoms with Crippen LogP contribution in [-0.2, 0) is 0 Å². The predicted octanol–water partition coefficient (Wildman–Crippen LogP) is 3.71. The van der Waals surface area contributed by atoms with Gasteiger partial charge in [-0.1, -0.05) is 24.8 Å². The van der Waals surface area contributed by atoms with Crippen molar-refractivity contribution >= 4 is 11.9 Å². The van der Waals surface area contributed by atoms with Crippen molar-refractivity contribution < 1.29 is 9.84 Å². The molecule has 3 nitrogen and oxygen atoms in total. The minimum Gasteiger partial charge on any atom is -0.507 e. The average Bonchev–Trinajstić information content (AvgIpc) is 2.45. The van der Waals surface area contributed by atoms with E-state index in [4.69, 9.17) is 4.74 Å². The Morgan fingerprint density at radius 3 is 2.53 bits per heavy atom. The molecule has 0 bridgehead atoms. The maximum absolute atomic E-state index is 9.61. The average molecular weight is 253 g/mol. The maximum Gasteiger partial charge on any atom is 0.124 e. The zero-order valence-corrected chi connectivity index (χ0v) is 10.5. The standard InChI is InChI=1S/C16H15NO2/c1-2-11-19-15-9-7-14(8-10-15)17-12-13-5-3-4-6-16(13)18/h2-10,12,18H,1,11H2. The van der Waals surface area contributed by atoms with E-state index < -0.39 is 0 Å². The van der Waals surface area contributed by atoms with E-state index in [0.29, 0.717) is 12.2 Å². The number of hydrogen-bond donors (Lipinski definition) is 1. The van der Waals surface area contributed by atoms with Crippen molar-refractivity contribution in [2.24, 2.45) is 4.99 Å². The highest BCUT2D eigenvalue weighted by Crippen LogP contribution is 2.19. The van der Waals surface area contributed by atoms with Gasteiger partial charge < -0.3 is 9.84 Å². The number of ether oxygens (including phenoxy) is 1. The van der Waals surface area contributed by atoms with Gasteiger partial charge in [0.25, 0.3) is 0 Å². The number of aromatic hydroxyl groups is 1. The fourth-order valence-corrected chi connectivity index (χ4v) is 1.52. The zero-order chi connectivity index (χ0) is 13.5. The van der Waals surface area contributed by atoms with Gasteiger partial charge in [-0.2, -0.15) is 0 Å². The molecule has 0 heterocycles. The molecule has 0 aliphatic heterocycles.